The number of rotatable bonds is 5. The van der Waals surface area contributed by atoms with Crippen LogP contribution in [-0.4, -0.2) is 35.3 Å². The lowest BCUT2D eigenvalue weighted by molar-refractivity contribution is 0.102. The average molecular weight is 427 g/mol. The molecule has 2 aromatic heterocycles. The molecule has 2 heterocycles. The lowest BCUT2D eigenvalue weighted by Crippen LogP contribution is -2.13. The molecule has 0 unspecified atom stereocenters. The van der Waals surface area contributed by atoms with Crippen molar-refractivity contribution in [3.05, 3.63) is 70.9 Å². The van der Waals surface area contributed by atoms with Crippen LogP contribution >= 0.6 is 11.3 Å². The van der Waals surface area contributed by atoms with Crippen molar-refractivity contribution in [3.63, 3.8) is 0 Å². The number of thiazole rings is 1. The summed E-state index contributed by atoms with van der Waals surface area (Å²) in [5, 5.41) is 8.59. The quantitative estimate of drug-likeness (QED) is 0.527. The van der Waals surface area contributed by atoms with Gasteiger partial charge in [-0.25, -0.2) is 13.4 Å². The van der Waals surface area contributed by atoms with E-state index in [0.717, 1.165) is 21.3 Å². The normalized spacial score (nSPS) is 11.7. The predicted octanol–water partition coefficient (Wildman–Crippen LogP) is 3.51. The summed E-state index contributed by atoms with van der Waals surface area (Å²) in [6.07, 6.45) is 2.88. The Hall–Kier alpha value is -3.04. The van der Waals surface area contributed by atoms with E-state index in [0.29, 0.717) is 17.4 Å². The topological polar surface area (TPSA) is 93.9 Å². The van der Waals surface area contributed by atoms with Gasteiger partial charge in [0, 0.05) is 22.7 Å². The Morgan fingerprint density at radius 1 is 1.14 bits per heavy atom. The molecule has 9 heteroatoms. The van der Waals surface area contributed by atoms with E-state index in [4.69, 9.17) is 0 Å². The first kappa shape index (κ1) is 19.3. The second-order valence-electron chi connectivity index (χ2n) is 6.67. The van der Waals surface area contributed by atoms with Crippen molar-refractivity contribution in [2.24, 2.45) is 0 Å². The third-order valence-electron chi connectivity index (χ3n) is 4.40. The maximum absolute atomic E-state index is 12.8. The van der Waals surface area contributed by atoms with Crippen LogP contribution < -0.4 is 5.32 Å². The Kier molecular flexibility index (Phi) is 4.93. The number of aromatic nitrogens is 3. The van der Waals surface area contributed by atoms with Crippen LogP contribution in [0.5, 0.6) is 0 Å². The summed E-state index contributed by atoms with van der Waals surface area (Å²) >= 11 is 1.40. The molecular formula is C20H18N4O3S2. The summed E-state index contributed by atoms with van der Waals surface area (Å²) in [5.41, 5.74) is 2.02. The van der Waals surface area contributed by atoms with Crippen molar-refractivity contribution < 1.29 is 13.2 Å². The molecule has 4 rings (SSSR count). The van der Waals surface area contributed by atoms with Gasteiger partial charge >= 0.3 is 0 Å². The zero-order valence-electron chi connectivity index (χ0n) is 15.8. The number of hydrogen-bond donors (Lipinski definition) is 1. The van der Waals surface area contributed by atoms with Gasteiger partial charge in [-0.15, -0.1) is 11.3 Å². The summed E-state index contributed by atoms with van der Waals surface area (Å²) in [7, 11) is -3.24. The lowest BCUT2D eigenvalue weighted by atomic mass is 10.2. The van der Waals surface area contributed by atoms with Gasteiger partial charge in [-0.05, 0) is 30.7 Å². The molecule has 0 spiro atoms. The van der Waals surface area contributed by atoms with Gasteiger partial charge in [0.15, 0.2) is 20.7 Å². The van der Waals surface area contributed by atoms with E-state index in [1.54, 1.807) is 35.1 Å². The number of carbonyl (C=O) groups is 1. The average Bonchev–Trinajstić information content (AvgIpc) is 3.25. The second-order valence-corrected chi connectivity index (χ2v) is 9.92. The van der Waals surface area contributed by atoms with Crippen molar-refractivity contribution in [1.82, 2.24) is 14.8 Å². The van der Waals surface area contributed by atoms with Gasteiger partial charge in [-0.1, -0.05) is 30.3 Å². The van der Waals surface area contributed by atoms with Gasteiger partial charge in [0.05, 0.1) is 17.0 Å². The molecule has 0 saturated heterocycles. The van der Waals surface area contributed by atoms with Crippen LogP contribution in [0, 0.1) is 6.92 Å². The standard InChI is InChI=1S/C20H18N4O3S2/c1-13-11-21-20(28-13)22-19(25)18-16-5-3-4-6-17(16)24(23-18)12-14-7-9-15(10-8-14)29(2,26)27/h3-11H,12H2,1-2H3,(H,21,22,25). The van der Waals surface area contributed by atoms with E-state index < -0.39 is 9.84 Å². The maximum Gasteiger partial charge on any atom is 0.278 e. The van der Waals surface area contributed by atoms with Crippen LogP contribution in [0.15, 0.2) is 59.6 Å². The third-order valence-corrected chi connectivity index (χ3v) is 6.36. The van der Waals surface area contributed by atoms with Crippen LogP contribution in [0.3, 0.4) is 0 Å². The largest absolute Gasteiger partial charge is 0.296 e. The molecule has 29 heavy (non-hydrogen) atoms. The summed E-state index contributed by atoms with van der Waals surface area (Å²) in [4.78, 5) is 18.2. The van der Waals surface area contributed by atoms with Gasteiger partial charge in [0.2, 0.25) is 0 Å². The number of carbonyl (C=O) groups excluding carboxylic acids is 1. The van der Waals surface area contributed by atoms with Crippen LogP contribution in [0.25, 0.3) is 10.9 Å². The molecule has 0 aliphatic carbocycles. The third kappa shape index (κ3) is 4.06. The first-order valence-electron chi connectivity index (χ1n) is 8.79. The Bertz CT molecular complexity index is 1310. The first-order chi connectivity index (χ1) is 13.8. The zero-order chi connectivity index (χ0) is 20.6. The summed E-state index contributed by atoms with van der Waals surface area (Å²) in [5.74, 6) is -0.318. The predicted molar refractivity (Wildman–Crippen MR) is 113 cm³/mol. The molecule has 0 atom stereocenters. The maximum atomic E-state index is 12.8. The van der Waals surface area contributed by atoms with E-state index in [2.05, 4.69) is 15.4 Å². The number of nitrogens with one attached hydrogen (secondary N) is 1. The number of hydrogen-bond acceptors (Lipinski definition) is 6. The number of benzene rings is 2. The number of fused-ring (bicyclic) bond motifs is 1. The molecule has 0 fully saturated rings. The molecule has 4 aromatic rings. The fourth-order valence-electron chi connectivity index (χ4n) is 3.00. The van der Waals surface area contributed by atoms with Crippen LogP contribution in [-0.2, 0) is 16.4 Å². The smallest absolute Gasteiger partial charge is 0.278 e. The van der Waals surface area contributed by atoms with Crippen molar-refractivity contribution in [3.8, 4) is 0 Å². The van der Waals surface area contributed by atoms with Crippen molar-refractivity contribution >= 4 is 43.1 Å². The minimum absolute atomic E-state index is 0.269. The molecule has 7 nitrogen and oxygen atoms in total. The van der Waals surface area contributed by atoms with Crippen LogP contribution in [0.4, 0.5) is 5.13 Å². The number of nitrogens with zero attached hydrogens (tertiary/aromatic N) is 3. The Balaban J connectivity index is 1.66. The summed E-state index contributed by atoms with van der Waals surface area (Å²) in [6.45, 7) is 2.33. The summed E-state index contributed by atoms with van der Waals surface area (Å²) < 4.78 is 25.0. The monoisotopic (exact) mass is 426 g/mol. The Morgan fingerprint density at radius 3 is 2.52 bits per heavy atom. The van der Waals surface area contributed by atoms with Crippen LogP contribution in [0.1, 0.15) is 20.9 Å². The SMILES string of the molecule is Cc1cnc(NC(=O)c2nn(Cc3ccc(S(C)(=O)=O)cc3)c3ccccc23)s1. The van der Waals surface area contributed by atoms with Crippen molar-refractivity contribution in [2.75, 3.05) is 11.6 Å². The molecule has 0 aliphatic heterocycles. The van der Waals surface area contributed by atoms with E-state index in [-0.39, 0.29) is 10.8 Å². The number of sulfone groups is 1. The Morgan fingerprint density at radius 2 is 1.86 bits per heavy atom. The molecule has 0 aliphatic rings. The highest BCUT2D eigenvalue weighted by Gasteiger charge is 2.18. The molecular weight excluding hydrogens is 408 g/mol. The highest BCUT2D eigenvalue weighted by molar-refractivity contribution is 7.90. The second kappa shape index (κ2) is 7.41. The molecule has 0 bridgehead atoms. The Labute approximate surface area is 171 Å². The number of para-hydroxylation sites is 1. The van der Waals surface area contributed by atoms with Gasteiger partial charge < -0.3 is 0 Å². The van der Waals surface area contributed by atoms with Crippen LogP contribution in [0.2, 0.25) is 0 Å². The van der Waals surface area contributed by atoms with Gasteiger partial charge in [-0.3, -0.25) is 14.8 Å². The number of aryl methyl sites for hydroxylation is 1. The van der Waals surface area contributed by atoms with Gasteiger partial charge in [0.1, 0.15) is 0 Å². The van der Waals surface area contributed by atoms with Crippen molar-refractivity contribution in [1.29, 1.82) is 0 Å². The van der Waals surface area contributed by atoms with Crippen molar-refractivity contribution in [2.45, 2.75) is 18.4 Å². The molecule has 148 valence electrons. The highest BCUT2D eigenvalue weighted by atomic mass is 32.2. The molecule has 0 radical (unpaired) electrons. The molecule has 1 amide bonds. The molecule has 1 N–H and O–H groups in total. The van der Waals surface area contributed by atoms with E-state index in [9.17, 15) is 13.2 Å². The van der Waals surface area contributed by atoms with E-state index in [1.807, 2.05) is 31.2 Å². The molecule has 2 aromatic carbocycles. The fraction of sp³-hybridized carbons (Fsp3) is 0.150. The minimum atomic E-state index is -3.24. The minimum Gasteiger partial charge on any atom is -0.296 e. The van der Waals surface area contributed by atoms with E-state index >= 15 is 0 Å². The van der Waals surface area contributed by atoms with Gasteiger partial charge in [0.25, 0.3) is 5.91 Å². The highest BCUT2D eigenvalue weighted by Crippen LogP contribution is 2.23. The van der Waals surface area contributed by atoms with Gasteiger partial charge in [-0.2, -0.15) is 5.10 Å². The zero-order valence-corrected chi connectivity index (χ0v) is 17.4. The number of anilines is 1. The fourth-order valence-corrected chi connectivity index (χ4v) is 4.29. The summed E-state index contributed by atoms with van der Waals surface area (Å²) in [6, 6.07) is 14.2. The lowest BCUT2D eigenvalue weighted by Gasteiger charge is -2.05. The molecule has 0 saturated carbocycles. The number of amides is 1. The first-order valence-corrected chi connectivity index (χ1v) is 11.5. The van der Waals surface area contributed by atoms with E-state index in [1.165, 1.54) is 17.6 Å².